The lowest BCUT2D eigenvalue weighted by Gasteiger charge is -2.08. The summed E-state index contributed by atoms with van der Waals surface area (Å²) in [4.78, 5) is 10.8. The summed E-state index contributed by atoms with van der Waals surface area (Å²) >= 11 is 3.23. The van der Waals surface area contributed by atoms with Crippen molar-refractivity contribution in [2.45, 2.75) is 13.8 Å². The van der Waals surface area contributed by atoms with E-state index in [1.54, 1.807) is 18.2 Å². The Hall–Kier alpha value is -1.29. The maximum Gasteiger partial charge on any atom is 0.172 e. The summed E-state index contributed by atoms with van der Waals surface area (Å²) in [7, 11) is 0. The number of aromatic hydroxyl groups is 1. The van der Waals surface area contributed by atoms with Gasteiger partial charge in [0.05, 0.1) is 11.1 Å². The highest BCUT2D eigenvalue weighted by Crippen LogP contribution is 2.35. The molecular formula is C12H13BrO3. The van der Waals surface area contributed by atoms with Crippen molar-refractivity contribution >= 4 is 27.8 Å². The van der Waals surface area contributed by atoms with Crippen LogP contribution in [0.2, 0.25) is 0 Å². The summed E-state index contributed by atoms with van der Waals surface area (Å²) in [6.07, 6.45) is 3.14. The van der Waals surface area contributed by atoms with Gasteiger partial charge in [-0.15, -0.1) is 0 Å². The number of halogens is 1. The molecule has 0 heterocycles. The van der Waals surface area contributed by atoms with Crippen molar-refractivity contribution < 1.29 is 14.6 Å². The highest BCUT2D eigenvalue weighted by atomic mass is 79.9. The van der Waals surface area contributed by atoms with E-state index in [2.05, 4.69) is 15.9 Å². The normalized spacial score (nSPS) is 10.7. The molecule has 16 heavy (non-hydrogen) atoms. The van der Waals surface area contributed by atoms with Gasteiger partial charge >= 0.3 is 0 Å². The lowest BCUT2D eigenvalue weighted by Crippen LogP contribution is -1.93. The standard InChI is InChI=1S/C12H13BrO3/c1-3-16-11-7-9(5-4-8(2)14)6-10(13)12(11)15/h4-7,15H,3H2,1-2H3/b5-4+. The molecule has 0 radical (unpaired) electrons. The Kier molecular flexibility index (Phi) is 4.55. The van der Waals surface area contributed by atoms with Crippen molar-refractivity contribution in [3.05, 3.63) is 28.2 Å². The van der Waals surface area contributed by atoms with Crippen LogP contribution in [0, 0.1) is 0 Å². The molecule has 1 aromatic carbocycles. The molecule has 0 aromatic heterocycles. The number of phenols is 1. The summed E-state index contributed by atoms with van der Waals surface area (Å²) in [6, 6.07) is 3.40. The lowest BCUT2D eigenvalue weighted by molar-refractivity contribution is -0.112. The number of allylic oxidation sites excluding steroid dienone is 1. The van der Waals surface area contributed by atoms with Gasteiger partial charge in [0.25, 0.3) is 0 Å². The quantitative estimate of drug-likeness (QED) is 0.864. The number of phenolic OH excluding ortho intramolecular Hbond substituents is 1. The number of ketones is 1. The predicted molar refractivity (Wildman–Crippen MR) is 66.7 cm³/mol. The van der Waals surface area contributed by atoms with Crippen LogP contribution in [0.1, 0.15) is 19.4 Å². The Labute approximate surface area is 103 Å². The summed E-state index contributed by atoms with van der Waals surface area (Å²) in [6.45, 7) is 3.79. The van der Waals surface area contributed by atoms with Gasteiger partial charge in [0.15, 0.2) is 17.3 Å². The van der Waals surface area contributed by atoms with Crippen LogP contribution < -0.4 is 4.74 Å². The van der Waals surface area contributed by atoms with Crippen molar-refractivity contribution in [1.29, 1.82) is 0 Å². The van der Waals surface area contributed by atoms with Gasteiger partial charge in [-0.3, -0.25) is 4.79 Å². The number of ether oxygens (including phenoxy) is 1. The van der Waals surface area contributed by atoms with Crippen LogP contribution in [-0.2, 0) is 4.79 Å². The zero-order chi connectivity index (χ0) is 12.1. The summed E-state index contributed by atoms with van der Waals surface area (Å²) in [5.41, 5.74) is 0.795. The highest BCUT2D eigenvalue weighted by Gasteiger charge is 2.07. The molecule has 3 nitrogen and oxygen atoms in total. The van der Waals surface area contributed by atoms with Gasteiger partial charge in [0.1, 0.15) is 0 Å². The van der Waals surface area contributed by atoms with Crippen molar-refractivity contribution in [3.8, 4) is 11.5 Å². The van der Waals surface area contributed by atoms with Gasteiger partial charge in [0, 0.05) is 0 Å². The molecule has 0 atom stereocenters. The minimum Gasteiger partial charge on any atom is -0.503 e. The van der Waals surface area contributed by atoms with E-state index in [4.69, 9.17) is 4.74 Å². The molecule has 1 aromatic rings. The molecule has 0 aliphatic heterocycles. The molecular weight excluding hydrogens is 272 g/mol. The van der Waals surface area contributed by atoms with Gasteiger partial charge in [-0.25, -0.2) is 0 Å². The van der Waals surface area contributed by atoms with Gasteiger partial charge < -0.3 is 9.84 Å². The monoisotopic (exact) mass is 284 g/mol. The van der Waals surface area contributed by atoms with Crippen LogP contribution in [0.5, 0.6) is 11.5 Å². The molecule has 0 fully saturated rings. The van der Waals surface area contributed by atoms with E-state index in [1.807, 2.05) is 6.92 Å². The second-order valence-electron chi connectivity index (χ2n) is 3.23. The molecule has 1 rings (SSSR count). The van der Waals surface area contributed by atoms with Gasteiger partial charge in [-0.1, -0.05) is 6.08 Å². The summed E-state index contributed by atoms with van der Waals surface area (Å²) in [5, 5.41) is 9.67. The van der Waals surface area contributed by atoms with E-state index in [0.29, 0.717) is 16.8 Å². The smallest absolute Gasteiger partial charge is 0.172 e. The Balaban J connectivity index is 3.08. The van der Waals surface area contributed by atoms with E-state index in [1.165, 1.54) is 13.0 Å². The number of carbonyl (C=O) groups is 1. The fourth-order valence-corrected chi connectivity index (χ4v) is 1.63. The maximum atomic E-state index is 10.8. The molecule has 0 aliphatic carbocycles. The molecule has 0 unspecified atom stereocenters. The molecule has 0 amide bonds. The average molecular weight is 285 g/mol. The molecule has 0 aliphatic rings. The summed E-state index contributed by atoms with van der Waals surface area (Å²) < 4.78 is 5.81. The molecule has 86 valence electrons. The first-order chi connectivity index (χ1) is 7.54. The first-order valence-corrected chi connectivity index (χ1v) is 5.68. The Morgan fingerprint density at radius 1 is 1.56 bits per heavy atom. The third kappa shape index (κ3) is 3.38. The van der Waals surface area contributed by atoms with E-state index >= 15 is 0 Å². The average Bonchev–Trinajstić information content (AvgIpc) is 2.22. The highest BCUT2D eigenvalue weighted by molar-refractivity contribution is 9.10. The van der Waals surface area contributed by atoms with Crippen LogP contribution in [-0.4, -0.2) is 17.5 Å². The number of rotatable bonds is 4. The third-order valence-corrected chi connectivity index (χ3v) is 2.47. The van der Waals surface area contributed by atoms with Crippen LogP contribution >= 0.6 is 15.9 Å². The van der Waals surface area contributed by atoms with Gasteiger partial charge in [0.2, 0.25) is 0 Å². The van der Waals surface area contributed by atoms with Gasteiger partial charge in [-0.05, 0) is 53.5 Å². The lowest BCUT2D eigenvalue weighted by atomic mass is 10.2. The Morgan fingerprint density at radius 2 is 2.25 bits per heavy atom. The molecule has 0 saturated carbocycles. The molecule has 0 bridgehead atoms. The summed E-state index contributed by atoms with van der Waals surface area (Å²) in [5.74, 6) is 0.448. The Morgan fingerprint density at radius 3 is 2.81 bits per heavy atom. The second-order valence-corrected chi connectivity index (χ2v) is 4.08. The number of carbonyl (C=O) groups excluding carboxylic acids is 1. The van der Waals surface area contributed by atoms with E-state index < -0.39 is 0 Å². The SMILES string of the molecule is CCOc1cc(/C=C/C(C)=O)cc(Br)c1O. The van der Waals surface area contributed by atoms with Crippen molar-refractivity contribution in [2.24, 2.45) is 0 Å². The third-order valence-electron chi connectivity index (χ3n) is 1.86. The van der Waals surface area contributed by atoms with Crippen molar-refractivity contribution in [3.63, 3.8) is 0 Å². The minimum absolute atomic E-state index is 0.0258. The van der Waals surface area contributed by atoms with Crippen LogP contribution in [0.3, 0.4) is 0 Å². The zero-order valence-electron chi connectivity index (χ0n) is 9.16. The van der Waals surface area contributed by atoms with Gasteiger partial charge in [-0.2, -0.15) is 0 Å². The van der Waals surface area contributed by atoms with Crippen molar-refractivity contribution in [1.82, 2.24) is 0 Å². The van der Waals surface area contributed by atoms with Crippen LogP contribution in [0.25, 0.3) is 6.08 Å². The van der Waals surface area contributed by atoms with Crippen LogP contribution in [0.4, 0.5) is 0 Å². The zero-order valence-corrected chi connectivity index (χ0v) is 10.7. The number of hydrogen-bond donors (Lipinski definition) is 1. The molecule has 4 heteroatoms. The molecule has 0 saturated heterocycles. The van der Waals surface area contributed by atoms with E-state index in [0.717, 1.165) is 5.56 Å². The first kappa shape index (κ1) is 12.8. The van der Waals surface area contributed by atoms with E-state index in [-0.39, 0.29) is 11.5 Å². The van der Waals surface area contributed by atoms with Crippen LogP contribution in [0.15, 0.2) is 22.7 Å². The molecule has 1 N–H and O–H groups in total. The Bertz CT molecular complexity index is 425. The second kappa shape index (κ2) is 5.70. The fourth-order valence-electron chi connectivity index (χ4n) is 1.17. The fraction of sp³-hybridized carbons (Fsp3) is 0.250. The largest absolute Gasteiger partial charge is 0.503 e. The first-order valence-electron chi connectivity index (χ1n) is 4.88. The number of hydrogen-bond acceptors (Lipinski definition) is 3. The van der Waals surface area contributed by atoms with E-state index in [9.17, 15) is 9.90 Å². The van der Waals surface area contributed by atoms with Crippen molar-refractivity contribution in [2.75, 3.05) is 6.61 Å². The topological polar surface area (TPSA) is 46.5 Å². The maximum absolute atomic E-state index is 10.8. The predicted octanol–water partition coefficient (Wildman–Crippen LogP) is 3.16. The minimum atomic E-state index is -0.0258. The number of benzene rings is 1. The molecule has 0 spiro atoms.